The van der Waals surface area contributed by atoms with E-state index in [1.165, 1.54) is 6.07 Å². The number of hydrogen-bond acceptors (Lipinski definition) is 1. The van der Waals surface area contributed by atoms with Gasteiger partial charge in [-0.25, -0.2) is 17.4 Å². The van der Waals surface area contributed by atoms with Crippen molar-refractivity contribution < 1.29 is 17.4 Å². The molecule has 2 N–H and O–H groups in total. The van der Waals surface area contributed by atoms with Gasteiger partial charge in [0.1, 0.15) is 17.3 Å². The summed E-state index contributed by atoms with van der Waals surface area (Å²) in [4.78, 5) is 0. The van der Waals surface area contributed by atoms with Gasteiger partial charge in [-0.15, -0.1) is 0 Å². The van der Waals surface area contributed by atoms with Crippen molar-refractivity contribution in [2.45, 2.75) is 68.7 Å². The van der Waals surface area contributed by atoms with Crippen molar-refractivity contribution in [1.29, 1.82) is 0 Å². The summed E-state index contributed by atoms with van der Waals surface area (Å²) in [5.41, 5.74) is -1.91. The van der Waals surface area contributed by atoms with Gasteiger partial charge in [0, 0.05) is 5.56 Å². The van der Waals surface area contributed by atoms with Gasteiger partial charge in [-0.05, 0) is 75.8 Å². The van der Waals surface area contributed by atoms with E-state index in [-0.39, 0.29) is 23.4 Å². The monoisotopic (exact) mass is 393 g/mol. The van der Waals surface area contributed by atoms with E-state index in [1.54, 1.807) is 13.8 Å². The van der Waals surface area contributed by atoms with Crippen molar-refractivity contribution in [3.63, 3.8) is 0 Å². The molecule has 0 aromatic heterocycles. The molecule has 0 amide bonds. The highest BCUT2D eigenvalue weighted by Crippen LogP contribution is 2.65. The Morgan fingerprint density at radius 3 is 2.36 bits per heavy atom. The minimum absolute atomic E-state index is 0.114. The smallest absolute Gasteiger partial charge is 0.148 e. The molecule has 0 spiro atoms. The first-order chi connectivity index (χ1) is 11.5. The van der Waals surface area contributed by atoms with Crippen LogP contribution >= 0.6 is 11.6 Å². The van der Waals surface area contributed by atoms with Crippen LogP contribution in [0.1, 0.15) is 63.9 Å². The molecule has 2 atom stereocenters. The van der Waals surface area contributed by atoms with Crippen LogP contribution in [0, 0.1) is 17.0 Å². The zero-order valence-electron chi connectivity index (χ0n) is 14.4. The molecule has 25 heavy (non-hydrogen) atoms. The summed E-state index contributed by atoms with van der Waals surface area (Å²) in [6.45, 7) is 3.42. The van der Waals surface area contributed by atoms with Gasteiger partial charge in [0.15, 0.2) is 0 Å². The van der Waals surface area contributed by atoms with E-state index in [0.717, 1.165) is 6.07 Å². The Hall–Kier alpha value is -0.590. The molecule has 1 aromatic carbocycles. The minimum Gasteiger partial charge on any atom is -0.251 e. The number of rotatable bonds is 5. The zero-order chi connectivity index (χ0) is 18.6. The van der Waals surface area contributed by atoms with E-state index in [9.17, 15) is 17.4 Å². The van der Waals surface area contributed by atoms with E-state index in [2.05, 4.69) is 0 Å². The van der Waals surface area contributed by atoms with Crippen molar-refractivity contribution in [3.05, 3.63) is 34.4 Å². The van der Waals surface area contributed by atoms with Crippen molar-refractivity contribution in [1.82, 2.24) is 0 Å². The van der Waals surface area contributed by atoms with Crippen LogP contribution in [0.3, 0.4) is 0 Å². The highest BCUT2D eigenvalue weighted by atomic mass is 35.5. The van der Waals surface area contributed by atoms with Crippen LogP contribution in [0.4, 0.5) is 13.2 Å². The van der Waals surface area contributed by atoms with Gasteiger partial charge in [-0.3, -0.25) is 5.14 Å². The van der Waals surface area contributed by atoms with E-state index in [1.807, 2.05) is 0 Å². The molecule has 2 nitrogen and oxygen atoms in total. The first-order valence-electron chi connectivity index (χ1n) is 8.48. The third-order valence-corrected chi connectivity index (χ3v) is 7.77. The third kappa shape index (κ3) is 3.26. The zero-order valence-corrected chi connectivity index (χ0v) is 16.0. The van der Waals surface area contributed by atoms with E-state index in [4.69, 9.17) is 16.7 Å². The van der Waals surface area contributed by atoms with Gasteiger partial charge in [-0.2, -0.15) is 0 Å². The van der Waals surface area contributed by atoms with Gasteiger partial charge < -0.3 is 0 Å². The molecule has 0 aliphatic heterocycles. The van der Waals surface area contributed by atoms with Crippen LogP contribution in [0.25, 0.3) is 0 Å². The largest absolute Gasteiger partial charge is 0.251 e. The van der Waals surface area contributed by atoms with Crippen LogP contribution < -0.4 is 5.14 Å². The van der Waals surface area contributed by atoms with Crippen molar-refractivity contribution in [2.24, 2.45) is 10.6 Å². The molecule has 0 radical (unpaired) electrons. The van der Waals surface area contributed by atoms with Crippen LogP contribution in [0.5, 0.6) is 0 Å². The molecule has 2 aliphatic carbocycles. The van der Waals surface area contributed by atoms with Crippen molar-refractivity contribution >= 4 is 22.6 Å². The predicted octanol–water partition coefficient (Wildman–Crippen LogP) is 5.17. The molecule has 140 valence electrons. The second kappa shape index (κ2) is 6.24. The average Bonchev–Trinajstić information content (AvgIpc) is 3.05. The first-order valence-corrected chi connectivity index (χ1v) is 10.1. The Kier molecular flexibility index (Phi) is 4.79. The molecular formula is C18H23ClF3NOS. The molecule has 1 unspecified atom stereocenters. The fourth-order valence-corrected chi connectivity index (χ4v) is 5.21. The molecule has 2 aliphatic rings. The molecule has 7 heteroatoms. The lowest BCUT2D eigenvalue weighted by Gasteiger charge is -2.40. The summed E-state index contributed by atoms with van der Waals surface area (Å²) in [6, 6.07) is 2.32. The molecule has 0 saturated heterocycles. The van der Waals surface area contributed by atoms with Crippen LogP contribution in [-0.4, -0.2) is 14.6 Å². The molecular weight excluding hydrogens is 371 g/mol. The van der Waals surface area contributed by atoms with E-state index >= 15 is 0 Å². The normalized spacial score (nSPS) is 31.3. The van der Waals surface area contributed by atoms with Crippen LogP contribution in [-0.2, 0) is 11.0 Å². The number of fused-ring (bicyclic) bond motifs is 2. The van der Waals surface area contributed by atoms with Gasteiger partial charge in [0.25, 0.3) is 0 Å². The fraction of sp³-hybridized carbons (Fsp3) is 0.667. The molecule has 0 heterocycles. The molecule has 1 aromatic rings. The minimum atomic E-state index is -1.68. The quantitative estimate of drug-likeness (QED) is 0.689. The average molecular weight is 394 g/mol. The summed E-state index contributed by atoms with van der Waals surface area (Å²) < 4.78 is 55.3. The van der Waals surface area contributed by atoms with Gasteiger partial charge in [-0.1, -0.05) is 11.6 Å². The van der Waals surface area contributed by atoms with E-state index in [0.29, 0.717) is 25.7 Å². The highest BCUT2D eigenvalue weighted by molar-refractivity contribution is 7.84. The van der Waals surface area contributed by atoms with Crippen LogP contribution in [0.2, 0.25) is 5.02 Å². The number of nitrogens with two attached hydrogens (primary N) is 1. The Bertz CT molecular complexity index is 717. The molecule has 2 fully saturated rings. The SMILES string of the molecule is CC(C)(C[C@H](c1c(F)ccc(Cl)c1F)C12CCC(F)(CC1)C2)S(N)=O. The first kappa shape index (κ1) is 19.2. The summed E-state index contributed by atoms with van der Waals surface area (Å²) in [6.07, 6.45) is 2.42. The third-order valence-electron chi connectivity index (χ3n) is 6.22. The second-order valence-corrected chi connectivity index (χ2v) is 10.4. The highest BCUT2D eigenvalue weighted by Gasteiger charge is 2.59. The van der Waals surface area contributed by atoms with Crippen LogP contribution in [0.15, 0.2) is 12.1 Å². The lowest BCUT2D eigenvalue weighted by molar-refractivity contribution is 0.174. The van der Waals surface area contributed by atoms with Gasteiger partial charge in [0.05, 0.1) is 20.8 Å². The van der Waals surface area contributed by atoms with Crippen molar-refractivity contribution in [3.8, 4) is 0 Å². The Morgan fingerprint density at radius 1 is 1.28 bits per heavy atom. The summed E-state index contributed by atoms with van der Waals surface area (Å²) in [5, 5.41) is 5.45. The number of benzene rings is 1. The maximum absolute atomic E-state index is 14.8. The molecule has 2 bridgehead atoms. The maximum atomic E-state index is 14.8. The summed E-state index contributed by atoms with van der Waals surface area (Å²) >= 11 is 5.90. The Morgan fingerprint density at radius 2 is 1.88 bits per heavy atom. The topological polar surface area (TPSA) is 43.1 Å². The van der Waals surface area contributed by atoms with E-state index < -0.39 is 44.4 Å². The summed E-state index contributed by atoms with van der Waals surface area (Å²) in [5.74, 6) is -2.11. The summed E-state index contributed by atoms with van der Waals surface area (Å²) in [7, 11) is -1.68. The fourth-order valence-electron chi connectivity index (χ4n) is 4.71. The van der Waals surface area contributed by atoms with Gasteiger partial charge in [0.2, 0.25) is 0 Å². The lowest BCUT2D eigenvalue weighted by Crippen LogP contribution is -2.38. The molecule has 2 saturated carbocycles. The van der Waals surface area contributed by atoms with Crippen molar-refractivity contribution in [2.75, 3.05) is 0 Å². The Labute approximate surface area is 153 Å². The molecule has 3 rings (SSSR count). The number of hydrogen-bond donors (Lipinski definition) is 1. The predicted molar refractivity (Wildman–Crippen MR) is 94.5 cm³/mol. The van der Waals surface area contributed by atoms with Gasteiger partial charge >= 0.3 is 0 Å². The number of alkyl halides is 1. The Balaban J connectivity index is 2.11. The second-order valence-electron chi connectivity index (χ2n) is 8.26. The standard InChI is InChI=1S/C18H23ClF3NOS/c1-16(2,25(23)24)9-11(14-13(20)4-3-12(19)15(14)21)17-5-7-18(22,10-17)8-6-17/h3-4,11H,5-10,23H2,1-2H3/t11-,17?,18?,25?/m1/s1. The maximum Gasteiger partial charge on any atom is 0.148 e. The number of halogens is 4. The lowest BCUT2D eigenvalue weighted by atomic mass is 9.66.